The van der Waals surface area contributed by atoms with Gasteiger partial charge in [0.1, 0.15) is 10.1 Å². The molecule has 0 aliphatic carbocycles. The number of thioether (sulfide) groups is 1. The van der Waals surface area contributed by atoms with E-state index in [1.54, 1.807) is 24.5 Å². The predicted octanol–water partition coefficient (Wildman–Crippen LogP) is 4.69. The molecular weight excluding hydrogens is 377 g/mol. The van der Waals surface area contributed by atoms with Gasteiger partial charge in [-0.2, -0.15) is 0 Å². The molecule has 1 N–H and O–H groups in total. The number of hydrogen-bond donors (Lipinski definition) is 1. The molecule has 1 saturated heterocycles. The van der Waals surface area contributed by atoms with Crippen molar-refractivity contribution >= 4 is 63.5 Å². The van der Waals surface area contributed by atoms with Crippen LogP contribution in [0.15, 0.2) is 39.9 Å². The summed E-state index contributed by atoms with van der Waals surface area (Å²) >= 11 is 18.2. The van der Waals surface area contributed by atoms with Crippen molar-refractivity contribution in [3.8, 4) is 5.75 Å². The molecule has 1 fully saturated rings. The van der Waals surface area contributed by atoms with Crippen LogP contribution >= 0.6 is 47.2 Å². The maximum Gasteiger partial charge on any atom is 0.266 e. The number of amides is 1. The van der Waals surface area contributed by atoms with E-state index < -0.39 is 0 Å². The molecule has 0 spiro atoms. The summed E-state index contributed by atoms with van der Waals surface area (Å²) in [6, 6.07) is 6.59. The number of carbonyl (C=O) groups is 1. The van der Waals surface area contributed by atoms with Crippen LogP contribution in [-0.2, 0) is 11.3 Å². The zero-order valence-electron chi connectivity index (χ0n) is 11.5. The van der Waals surface area contributed by atoms with Gasteiger partial charge in [-0.15, -0.1) is 0 Å². The van der Waals surface area contributed by atoms with Crippen LogP contribution in [0.5, 0.6) is 5.75 Å². The molecular formula is C15H9Cl2NO3S2. The number of aromatic hydroxyl groups is 1. The van der Waals surface area contributed by atoms with Crippen molar-refractivity contribution in [3.05, 3.63) is 56.8 Å². The second-order valence-electron chi connectivity index (χ2n) is 4.68. The molecule has 2 heterocycles. The third-order valence-electron chi connectivity index (χ3n) is 3.10. The zero-order valence-corrected chi connectivity index (χ0v) is 14.6. The number of thiocarbonyl (C=S) groups is 1. The molecule has 0 saturated carbocycles. The standard InChI is InChI=1S/C15H9Cl2NO3S2/c16-10-4-8(5-11(17)13(10)19)6-12-14(20)18(15(22)23-12)7-9-2-1-3-21-9/h1-6,19H,7H2. The molecule has 2 aromatic rings. The number of phenolic OH excluding ortho intramolecular Hbond substituents is 1. The molecule has 118 valence electrons. The summed E-state index contributed by atoms with van der Waals surface area (Å²) in [5.41, 5.74) is 0.608. The van der Waals surface area contributed by atoms with Crippen molar-refractivity contribution < 1.29 is 14.3 Å². The van der Waals surface area contributed by atoms with Gasteiger partial charge in [-0.05, 0) is 35.9 Å². The monoisotopic (exact) mass is 385 g/mol. The van der Waals surface area contributed by atoms with Gasteiger partial charge in [-0.3, -0.25) is 9.69 Å². The van der Waals surface area contributed by atoms with Gasteiger partial charge >= 0.3 is 0 Å². The highest BCUT2D eigenvalue weighted by molar-refractivity contribution is 8.26. The summed E-state index contributed by atoms with van der Waals surface area (Å²) in [6.07, 6.45) is 3.18. The van der Waals surface area contributed by atoms with Crippen LogP contribution in [0.1, 0.15) is 11.3 Å². The van der Waals surface area contributed by atoms with Crippen LogP contribution in [0.2, 0.25) is 10.0 Å². The van der Waals surface area contributed by atoms with Crippen LogP contribution in [0.25, 0.3) is 6.08 Å². The molecule has 0 unspecified atom stereocenters. The Hall–Kier alpha value is -1.47. The van der Waals surface area contributed by atoms with Gasteiger partial charge in [-0.1, -0.05) is 47.2 Å². The van der Waals surface area contributed by atoms with E-state index >= 15 is 0 Å². The lowest BCUT2D eigenvalue weighted by atomic mass is 10.2. The first-order valence-corrected chi connectivity index (χ1v) is 8.39. The van der Waals surface area contributed by atoms with Gasteiger partial charge in [0.05, 0.1) is 27.8 Å². The molecule has 1 aromatic heterocycles. The van der Waals surface area contributed by atoms with E-state index in [9.17, 15) is 9.90 Å². The highest BCUT2D eigenvalue weighted by atomic mass is 35.5. The Morgan fingerprint density at radius 3 is 2.65 bits per heavy atom. The van der Waals surface area contributed by atoms with Crippen LogP contribution < -0.4 is 0 Å². The summed E-state index contributed by atoms with van der Waals surface area (Å²) in [6.45, 7) is 0.284. The molecule has 1 amide bonds. The van der Waals surface area contributed by atoms with Gasteiger partial charge in [0.2, 0.25) is 0 Å². The van der Waals surface area contributed by atoms with E-state index in [4.69, 9.17) is 39.8 Å². The third-order valence-corrected chi connectivity index (χ3v) is 5.06. The Bertz CT molecular complexity index is 795. The third kappa shape index (κ3) is 3.40. The van der Waals surface area contributed by atoms with Crippen molar-refractivity contribution in [3.63, 3.8) is 0 Å². The Morgan fingerprint density at radius 1 is 1.35 bits per heavy atom. The van der Waals surface area contributed by atoms with E-state index in [1.807, 2.05) is 0 Å². The summed E-state index contributed by atoms with van der Waals surface area (Å²) in [5, 5.41) is 9.82. The Labute approximate surface area is 151 Å². The smallest absolute Gasteiger partial charge is 0.266 e. The van der Waals surface area contributed by atoms with Crippen molar-refractivity contribution in [2.45, 2.75) is 6.54 Å². The average Bonchev–Trinajstić information content (AvgIpc) is 3.09. The number of phenols is 1. The quantitative estimate of drug-likeness (QED) is 0.613. The van der Waals surface area contributed by atoms with E-state index in [1.165, 1.54) is 28.8 Å². The number of benzene rings is 1. The van der Waals surface area contributed by atoms with E-state index in [0.717, 1.165) is 0 Å². The highest BCUT2D eigenvalue weighted by Crippen LogP contribution is 2.37. The summed E-state index contributed by atoms with van der Waals surface area (Å²) in [4.78, 5) is 14.4. The minimum Gasteiger partial charge on any atom is -0.505 e. The highest BCUT2D eigenvalue weighted by Gasteiger charge is 2.32. The summed E-state index contributed by atoms with van der Waals surface area (Å²) in [5.74, 6) is 0.255. The second-order valence-corrected chi connectivity index (χ2v) is 7.17. The molecule has 0 bridgehead atoms. The van der Waals surface area contributed by atoms with Crippen molar-refractivity contribution in [1.29, 1.82) is 0 Å². The number of hydrogen-bond acceptors (Lipinski definition) is 5. The summed E-state index contributed by atoms with van der Waals surface area (Å²) < 4.78 is 5.70. The Kier molecular flexibility index (Phi) is 4.68. The lowest BCUT2D eigenvalue weighted by Gasteiger charge is -2.12. The van der Waals surface area contributed by atoms with E-state index in [-0.39, 0.29) is 28.2 Å². The topological polar surface area (TPSA) is 53.7 Å². The molecule has 4 nitrogen and oxygen atoms in total. The largest absolute Gasteiger partial charge is 0.505 e. The van der Waals surface area contributed by atoms with Crippen LogP contribution in [0, 0.1) is 0 Å². The van der Waals surface area contributed by atoms with Crippen LogP contribution in [0.3, 0.4) is 0 Å². The Balaban J connectivity index is 1.87. The molecule has 8 heteroatoms. The van der Waals surface area contributed by atoms with E-state index in [0.29, 0.717) is 20.5 Å². The van der Waals surface area contributed by atoms with Crippen molar-refractivity contribution in [2.24, 2.45) is 0 Å². The van der Waals surface area contributed by atoms with Gasteiger partial charge in [0.25, 0.3) is 5.91 Å². The van der Waals surface area contributed by atoms with Gasteiger partial charge in [0, 0.05) is 0 Å². The second kappa shape index (κ2) is 6.57. The normalized spacial score (nSPS) is 16.6. The van der Waals surface area contributed by atoms with Gasteiger partial charge in [0.15, 0.2) is 5.75 Å². The SMILES string of the molecule is O=C1C(=Cc2cc(Cl)c(O)c(Cl)c2)SC(=S)N1Cc1ccco1. The van der Waals surface area contributed by atoms with Crippen molar-refractivity contribution in [1.82, 2.24) is 4.90 Å². The Morgan fingerprint density at radius 2 is 2.04 bits per heavy atom. The van der Waals surface area contributed by atoms with Crippen LogP contribution in [0.4, 0.5) is 0 Å². The zero-order chi connectivity index (χ0) is 16.6. The van der Waals surface area contributed by atoms with E-state index in [2.05, 4.69) is 0 Å². The lowest BCUT2D eigenvalue weighted by molar-refractivity contribution is -0.122. The maximum atomic E-state index is 12.5. The maximum absolute atomic E-state index is 12.5. The number of halogens is 2. The molecule has 1 aromatic carbocycles. The fourth-order valence-electron chi connectivity index (χ4n) is 2.01. The molecule has 0 atom stereocenters. The number of furan rings is 1. The number of carbonyl (C=O) groups excluding carboxylic acids is 1. The minimum absolute atomic E-state index is 0.120. The first-order valence-electron chi connectivity index (χ1n) is 6.41. The van der Waals surface area contributed by atoms with Gasteiger partial charge < -0.3 is 9.52 Å². The lowest BCUT2D eigenvalue weighted by Crippen LogP contribution is -2.27. The number of rotatable bonds is 3. The predicted molar refractivity (Wildman–Crippen MR) is 95.6 cm³/mol. The van der Waals surface area contributed by atoms with Crippen LogP contribution in [-0.4, -0.2) is 20.2 Å². The number of nitrogens with zero attached hydrogens (tertiary/aromatic N) is 1. The molecule has 1 aliphatic heterocycles. The first-order chi connectivity index (χ1) is 11.0. The first kappa shape index (κ1) is 16.4. The molecule has 0 radical (unpaired) electrons. The molecule has 23 heavy (non-hydrogen) atoms. The average molecular weight is 386 g/mol. The fourth-order valence-corrected chi connectivity index (χ4v) is 3.77. The summed E-state index contributed by atoms with van der Waals surface area (Å²) in [7, 11) is 0. The fraction of sp³-hybridized carbons (Fsp3) is 0.0667. The minimum atomic E-state index is -0.211. The molecule has 3 rings (SSSR count). The van der Waals surface area contributed by atoms with Crippen molar-refractivity contribution in [2.75, 3.05) is 0 Å². The molecule has 1 aliphatic rings. The van der Waals surface area contributed by atoms with Gasteiger partial charge in [-0.25, -0.2) is 0 Å².